The van der Waals surface area contributed by atoms with Gasteiger partial charge in [0, 0.05) is 17.6 Å². The molecule has 0 saturated heterocycles. The van der Waals surface area contributed by atoms with Crippen LogP contribution in [-0.4, -0.2) is 35.7 Å². The summed E-state index contributed by atoms with van der Waals surface area (Å²) in [6.45, 7) is 0.134. The lowest BCUT2D eigenvalue weighted by molar-refractivity contribution is -0.131. The highest BCUT2D eigenvalue weighted by Gasteiger charge is 2.03. The van der Waals surface area contributed by atoms with Crippen LogP contribution >= 0.6 is 11.8 Å². The van der Waals surface area contributed by atoms with E-state index >= 15 is 0 Å². The van der Waals surface area contributed by atoms with Gasteiger partial charge in [0.1, 0.15) is 5.75 Å². The summed E-state index contributed by atoms with van der Waals surface area (Å²) in [5, 5.41) is 17.4. The molecule has 98 valence electrons. The van der Waals surface area contributed by atoms with Gasteiger partial charge in [0.15, 0.2) is 0 Å². The quantitative estimate of drug-likeness (QED) is 0.585. The standard InChI is InChI=1S/C13H16O4S/c1-17-12-4-2-10(3-5-13(15)16)11(8-12)9-18-7-6-14/h2-5,8,14H,6-7,9H2,1H3,(H,15,16). The van der Waals surface area contributed by atoms with Crippen LogP contribution in [0, 0.1) is 0 Å². The highest BCUT2D eigenvalue weighted by molar-refractivity contribution is 7.98. The number of carboxylic acids is 1. The van der Waals surface area contributed by atoms with Crippen molar-refractivity contribution in [1.82, 2.24) is 0 Å². The lowest BCUT2D eigenvalue weighted by atomic mass is 10.1. The van der Waals surface area contributed by atoms with Gasteiger partial charge >= 0.3 is 5.97 Å². The Labute approximate surface area is 110 Å². The van der Waals surface area contributed by atoms with E-state index < -0.39 is 5.97 Å². The van der Waals surface area contributed by atoms with Crippen LogP contribution in [0.15, 0.2) is 24.3 Å². The molecular formula is C13H16O4S. The largest absolute Gasteiger partial charge is 0.497 e. The van der Waals surface area contributed by atoms with Crippen LogP contribution in [0.25, 0.3) is 6.08 Å². The Morgan fingerprint density at radius 2 is 2.28 bits per heavy atom. The maximum atomic E-state index is 10.5. The lowest BCUT2D eigenvalue weighted by Crippen LogP contribution is -1.93. The van der Waals surface area contributed by atoms with Crippen molar-refractivity contribution in [3.8, 4) is 5.75 Å². The van der Waals surface area contributed by atoms with Crippen molar-refractivity contribution >= 4 is 23.8 Å². The minimum atomic E-state index is -0.972. The maximum Gasteiger partial charge on any atom is 0.328 e. The van der Waals surface area contributed by atoms with Crippen molar-refractivity contribution in [2.24, 2.45) is 0 Å². The molecule has 0 amide bonds. The average Bonchev–Trinajstić information content (AvgIpc) is 2.37. The Kier molecular flexibility index (Phi) is 6.32. The number of aliphatic hydroxyl groups is 1. The fraction of sp³-hybridized carbons (Fsp3) is 0.308. The monoisotopic (exact) mass is 268 g/mol. The predicted octanol–water partition coefficient (Wildman–Crippen LogP) is 2.02. The number of aliphatic hydroxyl groups excluding tert-OH is 1. The van der Waals surface area contributed by atoms with Crippen LogP contribution in [0.4, 0.5) is 0 Å². The van der Waals surface area contributed by atoms with Gasteiger partial charge in [-0.1, -0.05) is 6.07 Å². The summed E-state index contributed by atoms with van der Waals surface area (Å²) in [4.78, 5) is 10.5. The van der Waals surface area contributed by atoms with E-state index in [2.05, 4.69) is 0 Å². The second-order valence-electron chi connectivity index (χ2n) is 3.51. The molecule has 0 spiro atoms. The molecule has 4 nitrogen and oxygen atoms in total. The van der Waals surface area contributed by atoms with Crippen molar-refractivity contribution in [3.63, 3.8) is 0 Å². The summed E-state index contributed by atoms with van der Waals surface area (Å²) < 4.78 is 5.14. The molecule has 0 saturated carbocycles. The van der Waals surface area contributed by atoms with E-state index in [9.17, 15) is 4.79 Å². The van der Waals surface area contributed by atoms with E-state index in [0.29, 0.717) is 11.5 Å². The summed E-state index contributed by atoms with van der Waals surface area (Å²) >= 11 is 1.59. The summed E-state index contributed by atoms with van der Waals surface area (Å²) in [5.41, 5.74) is 1.84. The number of ether oxygens (including phenoxy) is 1. The smallest absolute Gasteiger partial charge is 0.328 e. The number of aliphatic carboxylic acids is 1. The minimum absolute atomic E-state index is 0.134. The van der Waals surface area contributed by atoms with E-state index in [-0.39, 0.29) is 6.61 Å². The number of methoxy groups -OCH3 is 1. The molecular weight excluding hydrogens is 252 g/mol. The average molecular weight is 268 g/mol. The maximum absolute atomic E-state index is 10.5. The number of carbonyl (C=O) groups is 1. The highest BCUT2D eigenvalue weighted by Crippen LogP contribution is 2.23. The Morgan fingerprint density at radius 3 is 2.89 bits per heavy atom. The Morgan fingerprint density at radius 1 is 1.50 bits per heavy atom. The molecule has 0 aliphatic rings. The summed E-state index contributed by atoms with van der Waals surface area (Å²) in [6, 6.07) is 5.50. The molecule has 0 fully saturated rings. The van der Waals surface area contributed by atoms with E-state index in [1.165, 1.54) is 0 Å². The van der Waals surface area contributed by atoms with Gasteiger partial charge in [0.05, 0.1) is 13.7 Å². The first kappa shape index (κ1) is 14.6. The zero-order valence-electron chi connectivity index (χ0n) is 10.1. The van der Waals surface area contributed by atoms with Crippen molar-refractivity contribution in [1.29, 1.82) is 0 Å². The molecule has 1 aromatic carbocycles. The van der Waals surface area contributed by atoms with E-state index in [1.807, 2.05) is 12.1 Å². The molecule has 0 bridgehead atoms. The van der Waals surface area contributed by atoms with Gasteiger partial charge in [-0.2, -0.15) is 11.8 Å². The first-order valence-electron chi connectivity index (χ1n) is 5.44. The van der Waals surface area contributed by atoms with Gasteiger partial charge in [-0.15, -0.1) is 0 Å². The highest BCUT2D eigenvalue weighted by atomic mass is 32.2. The molecule has 18 heavy (non-hydrogen) atoms. The Hall–Kier alpha value is -1.46. The zero-order valence-corrected chi connectivity index (χ0v) is 10.9. The van der Waals surface area contributed by atoms with Gasteiger partial charge in [0.25, 0.3) is 0 Å². The van der Waals surface area contributed by atoms with Gasteiger partial charge in [-0.3, -0.25) is 0 Å². The first-order chi connectivity index (χ1) is 8.67. The number of benzene rings is 1. The van der Waals surface area contributed by atoms with Gasteiger partial charge in [-0.25, -0.2) is 4.79 Å². The van der Waals surface area contributed by atoms with E-state index in [4.69, 9.17) is 14.9 Å². The molecule has 5 heteroatoms. The Bertz CT molecular complexity index is 429. The fourth-order valence-electron chi connectivity index (χ4n) is 1.40. The molecule has 1 aromatic rings. The zero-order chi connectivity index (χ0) is 13.4. The molecule has 0 atom stereocenters. The van der Waals surface area contributed by atoms with Crippen LogP contribution in [0.2, 0.25) is 0 Å². The van der Waals surface area contributed by atoms with Crippen LogP contribution in [-0.2, 0) is 10.5 Å². The van der Waals surface area contributed by atoms with E-state index in [1.54, 1.807) is 31.0 Å². The number of thioether (sulfide) groups is 1. The van der Waals surface area contributed by atoms with Crippen molar-refractivity contribution in [2.75, 3.05) is 19.5 Å². The van der Waals surface area contributed by atoms with Crippen LogP contribution in [0.3, 0.4) is 0 Å². The molecule has 0 aliphatic carbocycles. The topological polar surface area (TPSA) is 66.8 Å². The predicted molar refractivity (Wildman–Crippen MR) is 72.9 cm³/mol. The second-order valence-corrected chi connectivity index (χ2v) is 4.62. The van der Waals surface area contributed by atoms with E-state index in [0.717, 1.165) is 23.0 Å². The SMILES string of the molecule is COc1ccc(C=CC(=O)O)c(CSCCO)c1. The van der Waals surface area contributed by atoms with Crippen molar-refractivity contribution < 1.29 is 19.7 Å². The molecule has 0 radical (unpaired) electrons. The number of rotatable bonds is 7. The number of hydrogen-bond acceptors (Lipinski definition) is 4. The van der Waals surface area contributed by atoms with Gasteiger partial charge in [-0.05, 0) is 29.3 Å². The Balaban J connectivity index is 2.89. The van der Waals surface area contributed by atoms with Crippen LogP contribution in [0.5, 0.6) is 5.75 Å². The van der Waals surface area contributed by atoms with Gasteiger partial charge < -0.3 is 14.9 Å². The third-order valence-corrected chi connectivity index (χ3v) is 3.24. The molecule has 2 N–H and O–H groups in total. The first-order valence-corrected chi connectivity index (χ1v) is 6.59. The molecule has 0 unspecified atom stereocenters. The number of hydrogen-bond donors (Lipinski definition) is 2. The summed E-state index contributed by atoms with van der Waals surface area (Å²) in [7, 11) is 1.59. The fourth-order valence-corrected chi connectivity index (χ4v) is 2.15. The minimum Gasteiger partial charge on any atom is -0.497 e. The number of carboxylic acid groups (broad SMARTS) is 1. The molecule has 1 rings (SSSR count). The summed E-state index contributed by atoms with van der Waals surface area (Å²) in [6.07, 6.45) is 2.68. The lowest BCUT2D eigenvalue weighted by Gasteiger charge is -2.08. The molecule has 0 aliphatic heterocycles. The van der Waals surface area contributed by atoms with Crippen molar-refractivity contribution in [2.45, 2.75) is 5.75 Å². The second kappa shape index (κ2) is 7.79. The van der Waals surface area contributed by atoms with Crippen LogP contribution in [0.1, 0.15) is 11.1 Å². The normalized spacial score (nSPS) is 10.8. The third-order valence-electron chi connectivity index (χ3n) is 2.25. The van der Waals surface area contributed by atoms with Crippen molar-refractivity contribution in [3.05, 3.63) is 35.4 Å². The molecule has 0 aromatic heterocycles. The summed E-state index contributed by atoms with van der Waals surface area (Å²) in [5.74, 6) is 1.12. The van der Waals surface area contributed by atoms with Gasteiger partial charge in [0.2, 0.25) is 0 Å². The van der Waals surface area contributed by atoms with Crippen LogP contribution < -0.4 is 4.74 Å². The molecule has 0 heterocycles. The third kappa shape index (κ3) is 4.81.